The summed E-state index contributed by atoms with van der Waals surface area (Å²) in [6.07, 6.45) is 5.90. The van der Waals surface area contributed by atoms with E-state index in [9.17, 15) is 9.59 Å². The van der Waals surface area contributed by atoms with Gasteiger partial charge in [-0.1, -0.05) is 26.0 Å². The number of allylic oxidation sites excluding steroid dienone is 4. The number of rotatable bonds is 3. The fourth-order valence-corrected chi connectivity index (χ4v) is 3.33. The maximum absolute atomic E-state index is 12.2. The SMILES string of the molecule is C/C=C1\CC(C(=O)OC)(C(=O)OC)CC=C1C1CC1(C)C. The molecule has 0 aromatic heterocycles. The van der Waals surface area contributed by atoms with Gasteiger partial charge < -0.3 is 9.47 Å². The minimum absolute atomic E-state index is 0.316. The lowest BCUT2D eigenvalue weighted by atomic mass is 9.71. The van der Waals surface area contributed by atoms with Gasteiger partial charge in [0.25, 0.3) is 0 Å². The Labute approximate surface area is 126 Å². The third kappa shape index (κ3) is 2.52. The average Bonchev–Trinajstić information content (AvgIpc) is 3.12. The van der Waals surface area contributed by atoms with Gasteiger partial charge in [0.2, 0.25) is 0 Å². The van der Waals surface area contributed by atoms with Gasteiger partial charge in [0, 0.05) is 0 Å². The van der Waals surface area contributed by atoms with Crippen LogP contribution in [0.3, 0.4) is 0 Å². The van der Waals surface area contributed by atoms with Crippen molar-refractivity contribution in [2.75, 3.05) is 14.2 Å². The van der Waals surface area contributed by atoms with Crippen molar-refractivity contribution in [1.82, 2.24) is 0 Å². The Kier molecular flexibility index (Phi) is 4.00. The van der Waals surface area contributed by atoms with Crippen LogP contribution in [0.2, 0.25) is 0 Å². The molecule has 0 saturated heterocycles. The van der Waals surface area contributed by atoms with Crippen molar-refractivity contribution in [1.29, 1.82) is 0 Å². The third-order valence-electron chi connectivity index (χ3n) is 4.92. The van der Waals surface area contributed by atoms with Crippen molar-refractivity contribution in [3.05, 3.63) is 23.3 Å². The highest BCUT2D eigenvalue weighted by molar-refractivity contribution is 6.01. The predicted molar refractivity (Wildman–Crippen MR) is 79.4 cm³/mol. The van der Waals surface area contributed by atoms with Gasteiger partial charge >= 0.3 is 11.9 Å². The first-order valence-electron chi connectivity index (χ1n) is 7.35. The zero-order chi connectivity index (χ0) is 15.8. The Balaban J connectivity index is 2.37. The summed E-state index contributed by atoms with van der Waals surface area (Å²) >= 11 is 0. The van der Waals surface area contributed by atoms with E-state index in [2.05, 4.69) is 13.8 Å². The van der Waals surface area contributed by atoms with Gasteiger partial charge in [-0.2, -0.15) is 0 Å². The summed E-state index contributed by atoms with van der Waals surface area (Å²) in [6, 6.07) is 0. The molecule has 1 saturated carbocycles. The number of hydrogen-bond donors (Lipinski definition) is 0. The average molecular weight is 292 g/mol. The summed E-state index contributed by atoms with van der Waals surface area (Å²) in [4.78, 5) is 24.4. The molecule has 0 N–H and O–H groups in total. The van der Waals surface area contributed by atoms with Gasteiger partial charge in [-0.3, -0.25) is 9.59 Å². The Bertz CT molecular complexity index is 509. The Morgan fingerprint density at radius 2 is 1.76 bits per heavy atom. The molecule has 2 rings (SSSR count). The van der Waals surface area contributed by atoms with Crippen molar-refractivity contribution in [2.45, 2.75) is 40.0 Å². The van der Waals surface area contributed by atoms with Crippen LogP contribution in [0.1, 0.15) is 40.0 Å². The van der Waals surface area contributed by atoms with Crippen LogP contribution in [-0.2, 0) is 19.1 Å². The molecule has 0 heterocycles. The van der Waals surface area contributed by atoms with E-state index < -0.39 is 17.4 Å². The quantitative estimate of drug-likeness (QED) is 0.592. The summed E-state index contributed by atoms with van der Waals surface area (Å²) in [7, 11) is 2.62. The molecule has 1 atom stereocenters. The van der Waals surface area contributed by atoms with Gasteiger partial charge in [-0.05, 0) is 48.7 Å². The van der Waals surface area contributed by atoms with Gasteiger partial charge in [0.15, 0.2) is 5.41 Å². The molecule has 0 spiro atoms. The zero-order valence-corrected chi connectivity index (χ0v) is 13.5. The molecule has 1 fully saturated rings. The van der Waals surface area contributed by atoms with E-state index in [0.29, 0.717) is 24.2 Å². The van der Waals surface area contributed by atoms with E-state index in [1.165, 1.54) is 19.8 Å². The number of methoxy groups -OCH3 is 2. The molecule has 0 bridgehead atoms. The van der Waals surface area contributed by atoms with Crippen LogP contribution in [0.5, 0.6) is 0 Å². The van der Waals surface area contributed by atoms with Crippen molar-refractivity contribution >= 4 is 11.9 Å². The maximum Gasteiger partial charge on any atom is 0.323 e. The molecule has 0 aliphatic heterocycles. The van der Waals surface area contributed by atoms with E-state index in [1.54, 1.807) is 0 Å². The first kappa shape index (κ1) is 15.8. The van der Waals surface area contributed by atoms with Crippen LogP contribution in [0.4, 0.5) is 0 Å². The molecule has 0 amide bonds. The lowest BCUT2D eigenvalue weighted by Crippen LogP contribution is -2.43. The minimum Gasteiger partial charge on any atom is -0.468 e. The molecule has 2 aliphatic rings. The summed E-state index contributed by atoms with van der Waals surface area (Å²) in [5.74, 6) is -0.505. The van der Waals surface area contributed by atoms with Gasteiger partial charge in [-0.15, -0.1) is 0 Å². The fourth-order valence-electron chi connectivity index (χ4n) is 3.33. The molecule has 21 heavy (non-hydrogen) atoms. The van der Waals surface area contributed by atoms with E-state index in [4.69, 9.17) is 9.47 Å². The lowest BCUT2D eigenvalue weighted by Gasteiger charge is -2.33. The second-order valence-electron chi connectivity index (χ2n) is 6.66. The number of carbonyl (C=O) groups excluding carboxylic acids is 2. The second-order valence-corrected chi connectivity index (χ2v) is 6.66. The summed E-state index contributed by atoms with van der Waals surface area (Å²) in [6.45, 7) is 6.44. The maximum atomic E-state index is 12.2. The highest BCUT2D eigenvalue weighted by Gasteiger charge is 2.54. The summed E-state index contributed by atoms with van der Waals surface area (Å²) < 4.78 is 9.73. The lowest BCUT2D eigenvalue weighted by molar-refractivity contribution is -0.169. The van der Waals surface area contributed by atoms with Crippen LogP contribution in [0.25, 0.3) is 0 Å². The highest BCUT2D eigenvalue weighted by Crippen LogP contribution is 2.59. The Hall–Kier alpha value is -1.58. The molecular weight excluding hydrogens is 268 g/mol. The number of esters is 2. The predicted octanol–water partition coefficient (Wildman–Crippen LogP) is 3.03. The normalized spacial score (nSPS) is 27.8. The van der Waals surface area contributed by atoms with Crippen molar-refractivity contribution < 1.29 is 19.1 Å². The van der Waals surface area contributed by atoms with Gasteiger partial charge in [0.05, 0.1) is 14.2 Å². The monoisotopic (exact) mass is 292 g/mol. The van der Waals surface area contributed by atoms with E-state index in [-0.39, 0.29) is 0 Å². The van der Waals surface area contributed by atoms with Crippen LogP contribution < -0.4 is 0 Å². The molecule has 0 radical (unpaired) electrons. The molecule has 2 aliphatic carbocycles. The van der Waals surface area contributed by atoms with E-state index >= 15 is 0 Å². The molecule has 4 heteroatoms. The molecular formula is C17H24O4. The van der Waals surface area contributed by atoms with Crippen LogP contribution in [-0.4, -0.2) is 26.2 Å². The zero-order valence-electron chi connectivity index (χ0n) is 13.5. The molecule has 4 nitrogen and oxygen atoms in total. The smallest absolute Gasteiger partial charge is 0.323 e. The van der Waals surface area contributed by atoms with E-state index in [1.807, 2.05) is 19.1 Å². The van der Waals surface area contributed by atoms with Crippen LogP contribution >= 0.6 is 0 Å². The molecule has 0 aromatic rings. The number of hydrogen-bond acceptors (Lipinski definition) is 4. The molecule has 1 unspecified atom stereocenters. The largest absolute Gasteiger partial charge is 0.468 e. The third-order valence-corrected chi connectivity index (χ3v) is 4.92. The topological polar surface area (TPSA) is 52.6 Å². The number of carbonyl (C=O) groups is 2. The Morgan fingerprint density at radius 1 is 1.24 bits per heavy atom. The van der Waals surface area contributed by atoms with Gasteiger partial charge in [0.1, 0.15) is 0 Å². The second kappa shape index (κ2) is 5.32. The fraction of sp³-hybridized carbons (Fsp3) is 0.647. The first-order valence-corrected chi connectivity index (χ1v) is 7.35. The standard InChI is InChI=1S/C17H24O4/c1-6-11-9-17(14(18)20-4,15(19)21-5)8-7-12(11)13-10-16(13,2)3/h6-7,13H,8-10H2,1-5H3/b11-6+. The van der Waals surface area contributed by atoms with Crippen molar-refractivity contribution in [3.63, 3.8) is 0 Å². The van der Waals surface area contributed by atoms with Crippen LogP contribution in [0.15, 0.2) is 23.3 Å². The summed E-state index contributed by atoms with van der Waals surface area (Å²) in [5.41, 5.74) is 1.43. The molecule has 116 valence electrons. The van der Waals surface area contributed by atoms with Crippen molar-refractivity contribution in [2.24, 2.45) is 16.7 Å². The number of ether oxygens (including phenoxy) is 2. The molecule has 0 aromatic carbocycles. The van der Waals surface area contributed by atoms with Crippen LogP contribution in [0, 0.1) is 16.7 Å². The summed E-state index contributed by atoms with van der Waals surface area (Å²) in [5, 5.41) is 0. The first-order chi connectivity index (χ1) is 9.82. The highest BCUT2D eigenvalue weighted by atomic mass is 16.5. The Morgan fingerprint density at radius 3 is 2.14 bits per heavy atom. The minimum atomic E-state index is -1.23. The van der Waals surface area contributed by atoms with Crippen molar-refractivity contribution in [3.8, 4) is 0 Å². The van der Waals surface area contributed by atoms with E-state index in [0.717, 1.165) is 12.0 Å². The van der Waals surface area contributed by atoms with Gasteiger partial charge in [-0.25, -0.2) is 0 Å².